The van der Waals surface area contributed by atoms with Gasteiger partial charge >= 0.3 is 0 Å². The first-order valence-electron chi connectivity index (χ1n) is 8.69. The summed E-state index contributed by atoms with van der Waals surface area (Å²) in [5.41, 5.74) is 2.84. The monoisotopic (exact) mass is 288 g/mol. The van der Waals surface area contributed by atoms with E-state index in [1.165, 1.54) is 43.5 Å². The third kappa shape index (κ3) is 4.08. The van der Waals surface area contributed by atoms with E-state index in [1.807, 2.05) is 0 Å². The highest BCUT2D eigenvalue weighted by molar-refractivity contribution is 5.26. The van der Waals surface area contributed by atoms with Crippen molar-refractivity contribution in [2.45, 2.75) is 58.5 Å². The fourth-order valence-corrected chi connectivity index (χ4v) is 3.63. The van der Waals surface area contributed by atoms with E-state index in [0.29, 0.717) is 12.1 Å². The molecule has 1 N–H and O–H groups in total. The second-order valence-corrected chi connectivity index (χ2v) is 6.49. The van der Waals surface area contributed by atoms with Crippen molar-refractivity contribution in [3.05, 3.63) is 35.4 Å². The van der Waals surface area contributed by atoms with Crippen molar-refractivity contribution in [1.29, 1.82) is 0 Å². The van der Waals surface area contributed by atoms with Crippen molar-refractivity contribution in [2.24, 2.45) is 5.92 Å². The van der Waals surface area contributed by atoms with Crippen molar-refractivity contribution in [2.75, 3.05) is 20.1 Å². The largest absolute Gasteiger partial charge is 0.312 e. The molecular formula is C19H32N2. The third-order valence-electron chi connectivity index (χ3n) is 5.34. The van der Waals surface area contributed by atoms with Gasteiger partial charge in [0.1, 0.15) is 0 Å². The average molecular weight is 288 g/mol. The van der Waals surface area contributed by atoms with Crippen molar-refractivity contribution in [3.8, 4) is 0 Å². The maximum atomic E-state index is 3.54. The third-order valence-corrected chi connectivity index (χ3v) is 5.34. The molecule has 1 aromatic carbocycles. The van der Waals surface area contributed by atoms with Crippen molar-refractivity contribution in [1.82, 2.24) is 10.2 Å². The van der Waals surface area contributed by atoms with Crippen LogP contribution in [0.2, 0.25) is 0 Å². The molecule has 2 rings (SSSR count). The minimum atomic E-state index is 0.425. The lowest BCUT2D eigenvalue weighted by Crippen LogP contribution is -2.45. The van der Waals surface area contributed by atoms with Crippen LogP contribution in [-0.4, -0.2) is 31.1 Å². The fourth-order valence-electron chi connectivity index (χ4n) is 3.63. The average Bonchev–Trinajstić information content (AvgIpc) is 2.56. The molecule has 21 heavy (non-hydrogen) atoms. The van der Waals surface area contributed by atoms with E-state index < -0.39 is 0 Å². The van der Waals surface area contributed by atoms with Crippen LogP contribution in [0.1, 0.15) is 57.2 Å². The maximum Gasteiger partial charge on any atom is 0.0473 e. The SMILES string of the molecule is CCc1ccc(C(NC)C(C)N2CCC(CC)CC2)cc1. The summed E-state index contributed by atoms with van der Waals surface area (Å²) in [7, 11) is 2.09. The summed E-state index contributed by atoms with van der Waals surface area (Å²) < 4.78 is 0. The van der Waals surface area contributed by atoms with Gasteiger partial charge in [0.05, 0.1) is 0 Å². The molecule has 1 aliphatic rings. The Balaban J connectivity index is 2.02. The van der Waals surface area contributed by atoms with E-state index in [0.717, 1.165) is 12.3 Å². The zero-order valence-electron chi connectivity index (χ0n) is 14.2. The minimum Gasteiger partial charge on any atom is -0.312 e. The molecule has 2 heteroatoms. The number of hydrogen-bond donors (Lipinski definition) is 1. The number of hydrogen-bond acceptors (Lipinski definition) is 2. The number of likely N-dealkylation sites (N-methyl/N-ethyl adjacent to an activating group) is 1. The Morgan fingerprint density at radius 2 is 1.76 bits per heavy atom. The van der Waals surface area contributed by atoms with Gasteiger partial charge in [-0.15, -0.1) is 0 Å². The zero-order chi connectivity index (χ0) is 15.2. The van der Waals surface area contributed by atoms with Crippen LogP contribution in [-0.2, 0) is 6.42 Å². The number of nitrogens with one attached hydrogen (secondary N) is 1. The van der Waals surface area contributed by atoms with Gasteiger partial charge in [-0.1, -0.05) is 44.5 Å². The second-order valence-electron chi connectivity index (χ2n) is 6.49. The van der Waals surface area contributed by atoms with Crippen molar-refractivity contribution < 1.29 is 0 Å². The number of rotatable bonds is 6. The molecule has 2 nitrogen and oxygen atoms in total. The minimum absolute atomic E-state index is 0.425. The van der Waals surface area contributed by atoms with Crippen LogP contribution in [0.3, 0.4) is 0 Å². The van der Waals surface area contributed by atoms with Gasteiger partial charge in [0.25, 0.3) is 0 Å². The van der Waals surface area contributed by atoms with Gasteiger partial charge in [-0.3, -0.25) is 4.90 Å². The highest BCUT2D eigenvalue weighted by atomic mass is 15.2. The summed E-state index contributed by atoms with van der Waals surface area (Å²) in [5.74, 6) is 0.949. The second kappa shape index (κ2) is 7.95. The van der Waals surface area contributed by atoms with E-state index in [1.54, 1.807) is 0 Å². The molecule has 0 bridgehead atoms. The number of nitrogens with zero attached hydrogens (tertiary/aromatic N) is 1. The smallest absolute Gasteiger partial charge is 0.0473 e. The molecule has 0 amide bonds. The molecule has 0 saturated carbocycles. The van der Waals surface area contributed by atoms with E-state index >= 15 is 0 Å². The predicted molar refractivity (Wildman–Crippen MR) is 91.7 cm³/mol. The summed E-state index contributed by atoms with van der Waals surface area (Å²) in [6, 6.07) is 10.1. The van der Waals surface area contributed by atoms with Gasteiger partial charge < -0.3 is 5.32 Å². The van der Waals surface area contributed by atoms with Crippen LogP contribution >= 0.6 is 0 Å². The Morgan fingerprint density at radius 3 is 2.24 bits per heavy atom. The molecule has 0 radical (unpaired) electrons. The number of aryl methyl sites for hydroxylation is 1. The molecule has 1 heterocycles. The van der Waals surface area contributed by atoms with Crippen LogP contribution in [0.15, 0.2) is 24.3 Å². The lowest BCUT2D eigenvalue weighted by atomic mass is 9.91. The van der Waals surface area contributed by atoms with Crippen LogP contribution in [0.25, 0.3) is 0 Å². The highest BCUT2D eigenvalue weighted by Crippen LogP contribution is 2.27. The Hall–Kier alpha value is -0.860. The number of benzene rings is 1. The van der Waals surface area contributed by atoms with E-state index in [-0.39, 0.29) is 0 Å². The fraction of sp³-hybridized carbons (Fsp3) is 0.684. The molecule has 0 aliphatic carbocycles. The van der Waals surface area contributed by atoms with Gasteiger partial charge in [0, 0.05) is 12.1 Å². The quantitative estimate of drug-likeness (QED) is 0.850. The van der Waals surface area contributed by atoms with Gasteiger partial charge in [-0.25, -0.2) is 0 Å². The predicted octanol–water partition coefficient (Wildman–Crippen LogP) is 4.02. The Bertz CT molecular complexity index is 404. The first kappa shape index (κ1) is 16.5. The lowest BCUT2D eigenvalue weighted by molar-refractivity contribution is 0.116. The van der Waals surface area contributed by atoms with Gasteiger partial charge in [0.2, 0.25) is 0 Å². The molecule has 1 aliphatic heterocycles. The molecular weight excluding hydrogens is 256 g/mol. The summed E-state index contributed by atoms with van der Waals surface area (Å²) in [4.78, 5) is 2.67. The molecule has 1 fully saturated rings. The number of piperidine rings is 1. The summed E-state index contributed by atoms with van der Waals surface area (Å²) in [6.45, 7) is 9.43. The Morgan fingerprint density at radius 1 is 1.14 bits per heavy atom. The van der Waals surface area contributed by atoms with E-state index in [9.17, 15) is 0 Å². The van der Waals surface area contributed by atoms with Gasteiger partial charge in [0.15, 0.2) is 0 Å². The normalized spacial score (nSPS) is 20.4. The number of likely N-dealkylation sites (tertiary alicyclic amines) is 1. The van der Waals surface area contributed by atoms with Gasteiger partial charge in [-0.05, 0) is 63.4 Å². The first-order chi connectivity index (χ1) is 10.2. The first-order valence-corrected chi connectivity index (χ1v) is 8.69. The molecule has 2 atom stereocenters. The van der Waals surface area contributed by atoms with E-state index in [4.69, 9.17) is 0 Å². The summed E-state index contributed by atoms with van der Waals surface area (Å²) in [5, 5.41) is 3.54. The van der Waals surface area contributed by atoms with Gasteiger partial charge in [-0.2, -0.15) is 0 Å². The van der Waals surface area contributed by atoms with Crippen molar-refractivity contribution in [3.63, 3.8) is 0 Å². The Labute approximate surface area is 130 Å². The van der Waals surface area contributed by atoms with E-state index in [2.05, 4.69) is 62.3 Å². The molecule has 118 valence electrons. The van der Waals surface area contributed by atoms with Crippen LogP contribution in [0.4, 0.5) is 0 Å². The summed E-state index contributed by atoms with van der Waals surface area (Å²) in [6.07, 6.45) is 5.19. The van der Waals surface area contributed by atoms with Crippen LogP contribution in [0, 0.1) is 5.92 Å². The molecule has 0 spiro atoms. The van der Waals surface area contributed by atoms with Crippen LogP contribution in [0.5, 0.6) is 0 Å². The standard InChI is InChI=1S/C19H32N2/c1-5-16-7-9-18(10-8-16)19(20-4)15(3)21-13-11-17(6-2)12-14-21/h7-10,15,17,19-20H,5-6,11-14H2,1-4H3. The Kier molecular flexibility index (Phi) is 6.25. The van der Waals surface area contributed by atoms with Crippen LogP contribution < -0.4 is 5.32 Å². The summed E-state index contributed by atoms with van der Waals surface area (Å²) >= 11 is 0. The molecule has 0 aromatic heterocycles. The maximum absolute atomic E-state index is 3.54. The lowest BCUT2D eigenvalue weighted by Gasteiger charge is -2.39. The highest BCUT2D eigenvalue weighted by Gasteiger charge is 2.27. The van der Waals surface area contributed by atoms with Crippen molar-refractivity contribution >= 4 is 0 Å². The molecule has 2 unspecified atom stereocenters. The topological polar surface area (TPSA) is 15.3 Å². The zero-order valence-corrected chi connectivity index (χ0v) is 14.2. The molecule has 1 saturated heterocycles. The molecule has 1 aromatic rings.